The molecule has 1 aromatic heterocycles. The van der Waals surface area contributed by atoms with Gasteiger partial charge in [0.15, 0.2) is 0 Å². The van der Waals surface area contributed by atoms with E-state index < -0.39 is 5.78 Å². The van der Waals surface area contributed by atoms with Crippen LogP contribution >= 0.6 is 0 Å². The van der Waals surface area contributed by atoms with Crippen LogP contribution in [0.3, 0.4) is 0 Å². The average molecular weight is 915 g/mol. The third kappa shape index (κ3) is 9.99. The zero-order valence-corrected chi connectivity index (χ0v) is 38.4. The molecule has 0 N–H and O–H groups in total. The Labute approximate surface area is 401 Å². The second-order valence-corrected chi connectivity index (χ2v) is 16.7. The molecule has 8 aromatic carbocycles. The van der Waals surface area contributed by atoms with Gasteiger partial charge in [-0.25, -0.2) is 0 Å². The number of benzene rings is 8. The number of furan rings is 1. The predicted octanol–water partition coefficient (Wildman–Crippen LogP) is 13.7. The fraction of sp³-hybridized carbons (Fsp3) is 0.150. The number of carbonyl (C=O) groups excluding carboxylic acids is 1. The number of ketones is 1. The van der Waals surface area contributed by atoms with E-state index in [0.29, 0.717) is 64.7 Å². The summed E-state index contributed by atoms with van der Waals surface area (Å²) in [4.78, 5) is 16.3. The first-order chi connectivity index (χ1) is 34.0. The van der Waals surface area contributed by atoms with E-state index in [0.717, 1.165) is 39.1 Å². The molecule has 69 heavy (non-hydrogen) atoms. The maximum atomic E-state index is 16.3. The lowest BCUT2D eigenvalue weighted by molar-refractivity contribution is 0.103. The van der Waals surface area contributed by atoms with Crippen molar-refractivity contribution in [3.63, 3.8) is 0 Å². The Morgan fingerprint density at radius 2 is 1.00 bits per heavy atom. The number of hydrogen-bond donors (Lipinski definition) is 0. The number of hydrogen-bond acceptors (Lipinski definition) is 9. The molecule has 0 spiro atoms. The summed E-state index contributed by atoms with van der Waals surface area (Å²) in [6, 6.07) is 60.4. The van der Waals surface area contributed by atoms with Gasteiger partial charge in [-0.3, -0.25) is 4.79 Å². The van der Waals surface area contributed by atoms with Crippen molar-refractivity contribution in [2.45, 2.75) is 45.4 Å². The highest BCUT2D eigenvalue weighted by atomic mass is 16.5. The Hall–Kier alpha value is -8.43. The van der Waals surface area contributed by atoms with Gasteiger partial charge in [0.2, 0.25) is 5.78 Å². The normalized spacial score (nSPS) is 12.9. The number of rotatable bonds is 18. The van der Waals surface area contributed by atoms with E-state index in [4.69, 9.17) is 37.6 Å². The summed E-state index contributed by atoms with van der Waals surface area (Å²) in [6.07, 6.45) is 0.965. The van der Waals surface area contributed by atoms with Crippen LogP contribution in [0, 0.1) is 0 Å². The van der Waals surface area contributed by atoms with E-state index in [1.54, 1.807) is 26.4 Å². The first-order valence-corrected chi connectivity index (χ1v) is 23.0. The highest BCUT2D eigenvalue weighted by Crippen LogP contribution is 2.51. The average Bonchev–Trinajstić information content (AvgIpc) is 3.81. The van der Waals surface area contributed by atoms with Crippen molar-refractivity contribution >= 4 is 16.8 Å². The molecule has 0 radical (unpaired) electrons. The molecule has 9 heteroatoms. The minimum absolute atomic E-state index is 0.171. The molecule has 0 fully saturated rings. The SMILES string of the molecule is COc1ccc([C@@H]2CCc3c(OC)cc4oc(-c5ccc(OCc6ccccc6)cc5)c(C(=O)c5c(OCc6ccccc6)cc(OCc6ccccc6)cc5OCc5ccccc5)c4c3O2)cc1. The minimum Gasteiger partial charge on any atom is -0.497 e. The van der Waals surface area contributed by atoms with Crippen LogP contribution in [-0.4, -0.2) is 20.0 Å². The molecule has 0 aliphatic carbocycles. The Balaban J connectivity index is 1.15. The van der Waals surface area contributed by atoms with Crippen LogP contribution in [0.5, 0.6) is 40.2 Å². The quantitative estimate of drug-likeness (QED) is 0.0780. The van der Waals surface area contributed by atoms with E-state index in [-0.39, 0.29) is 48.6 Å². The molecule has 0 saturated heterocycles. The molecule has 1 aliphatic rings. The maximum absolute atomic E-state index is 16.3. The van der Waals surface area contributed by atoms with Gasteiger partial charge in [-0.2, -0.15) is 0 Å². The van der Waals surface area contributed by atoms with Crippen molar-refractivity contribution in [1.82, 2.24) is 0 Å². The lowest BCUT2D eigenvalue weighted by Gasteiger charge is -2.28. The van der Waals surface area contributed by atoms with Gasteiger partial charge in [0.1, 0.15) is 89.7 Å². The molecular weight excluding hydrogens is 865 g/mol. The zero-order valence-electron chi connectivity index (χ0n) is 38.4. The van der Waals surface area contributed by atoms with Crippen LogP contribution in [0.1, 0.15) is 61.8 Å². The molecular formula is C60H50O9. The zero-order chi connectivity index (χ0) is 46.9. The Bertz CT molecular complexity index is 3090. The molecule has 1 aliphatic heterocycles. The van der Waals surface area contributed by atoms with Crippen molar-refractivity contribution in [3.05, 3.63) is 233 Å². The molecule has 0 bridgehead atoms. The van der Waals surface area contributed by atoms with Crippen molar-refractivity contribution in [2.75, 3.05) is 14.2 Å². The summed E-state index contributed by atoms with van der Waals surface area (Å²) in [7, 11) is 3.28. The van der Waals surface area contributed by atoms with Crippen LogP contribution < -0.4 is 33.2 Å². The third-order valence-electron chi connectivity index (χ3n) is 12.2. The van der Waals surface area contributed by atoms with Crippen LogP contribution in [0.25, 0.3) is 22.3 Å². The van der Waals surface area contributed by atoms with Crippen LogP contribution in [0.15, 0.2) is 192 Å². The van der Waals surface area contributed by atoms with E-state index in [9.17, 15) is 0 Å². The van der Waals surface area contributed by atoms with Crippen LogP contribution in [0.2, 0.25) is 0 Å². The molecule has 344 valence electrons. The second kappa shape index (κ2) is 20.6. The van der Waals surface area contributed by atoms with Gasteiger partial charge in [0, 0.05) is 29.3 Å². The summed E-state index contributed by atoms with van der Waals surface area (Å²) in [6.45, 7) is 1.02. The van der Waals surface area contributed by atoms with Gasteiger partial charge in [0.25, 0.3) is 0 Å². The van der Waals surface area contributed by atoms with Crippen molar-refractivity contribution in [1.29, 1.82) is 0 Å². The van der Waals surface area contributed by atoms with E-state index >= 15 is 4.79 Å². The molecule has 9 nitrogen and oxygen atoms in total. The fourth-order valence-corrected chi connectivity index (χ4v) is 8.62. The molecule has 0 amide bonds. The smallest absolute Gasteiger partial charge is 0.205 e. The topological polar surface area (TPSA) is 94.8 Å². The van der Waals surface area contributed by atoms with Gasteiger partial charge in [-0.05, 0) is 77.1 Å². The minimum atomic E-state index is -0.392. The molecule has 0 unspecified atom stereocenters. The van der Waals surface area contributed by atoms with Gasteiger partial charge in [-0.1, -0.05) is 133 Å². The Morgan fingerprint density at radius 3 is 1.51 bits per heavy atom. The summed E-state index contributed by atoms with van der Waals surface area (Å²) in [5.74, 6) is 3.50. The lowest BCUT2D eigenvalue weighted by Crippen LogP contribution is -2.17. The standard InChI is InChI=1S/C60H50O9/c1-62-46-27-23-44(24-28-46)50-32-31-49-51(63-2)35-54-56(60(49)68-50)57(59(69-54)45-25-29-47(30-26-45)64-36-40-15-7-3-8-16-40)58(61)55-52(66-38-42-19-11-5-12-20-42)33-48(65-37-41-17-9-4-10-18-41)34-53(55)67-39-43-21-13-6-14-22-43/h3-30,33-35,50H,31-32,36-39H2,1-2H3/t50-/m0/s1. The first kappa shape index (κ1) is 44.4. The Morgan fingerprint density at radius 1 is 0.507 bits per heavy atom. The fourth-order valence-electron chi connectivity index (χ4n) is 8.62. The first-order valence-electron chi connectivity index (χ1n) is 23.0. The molecule has 1 atom stereocenters. The highest BCUT2D eigenvalue weighted by molar-refractivity contribution is 6.23. The number of carbonyl (C=O) groups is 1. The summed E-state index contributed by atoms with van der Waals surface area (Å²) in [5.41, 5.74) is 7.23. The predicted molar refractivity (Wildman–Crippen MR) is 266 cm³/mol. The van der Waals surface area contributed by atoms with Gasteiger partial charge in [0.05, 0.1) is 25.2 Å². The monoisotopic (exact) mass is 914 g/mol. The lowest BCUT2D eigenvalue weighted by atomic mass is 9.91. The molecule has 0 saturated carbocycles. The summed E-state index contributed by atoms with van der Waals surface area (Å²) < 4.78 is 51.5. The largest absolute Gasteiger partial charge is 0.497 e. The van der Waals surface area contributed by atoms with Crippen molar-refractivity contribution < 1.29 is 42.4 Å². The Kier molecular flexibility index (Phi) is 13.3. The highest BCUT2D eigenvalue weighted by Gasteiger charge is 2.35. The van der Waals surface area contributed by atoms with Crippen molar-refractivity contribution in [2.24, 2.45) is 0 Å². The van der Waals surface area contributed by atoms with E-state index in [2.05, 4.69) is 0 Å². The maximum Gasteiger partial charge on any atom is 0.205 e. The van der Waals surface area contributed by atoms with Gasteiger partial charge in [-0.15, -0.1) is 0 Å². The van der Waals surface area contributed by atoms with Gasteiger partial charge >= 0.3 is 0 Å². The van der Waals surface area contributed by atoms with Gasteiger partial charge < -0.3 is 37.6 Å². The van der Waals surface area contributed by atoms with Crippen molar-refractivity contribution in [3.8, 4) is 51.6 Å². The van der Waals surface area contributed by atoms with Crippen LogP contribution in [-0.2, 0) is 32.8 Å². The second-order valence-electron chi connectivity index (χ2n) is 16.7. The summed E-state index contributed by atoms with van der Waals surface area (Å²) >= 11 is 0. The summed E-state index contributed by atoms with van der Waals surface area (Å²) in [5, 5.41) is 0.515. The third-order valence-corrected chi connectivity index (χ3v) is 12.2. The molecule has 10 rings (SSSR count). The van der Waals surface area contributed by atoms with E-state index in [1.165, 1.54) is 0 Å². The van der Waals surface area contributed by atoms with E-state index in [1.807, 2.05) is 176 Å². The molecule has 2 heterocycles. The number of methoxy groups -OCH3 is 2. The van der Waals surface area contributed by atoms with Crippen LogP contribution in [0.4, 0.5) is 0 Å². The number of ether oxygens (including phenoxy) is 7. The number of fused-ring (bicyclic) bond motifs is 3. The molecule has 9 aromatic rings.